The Hall–Kier alpha value is -1.97. The van der Waals surface area contributed by atoms with Crippen molar-refractivity contribution < 1.29 is 14.6 Å². The molecule has 1 aliphatic rings. The zero-order chi connectivity index (χ0) is 12.3. The summed E-state index contributed by atoms with van der Waals surface area (Å²) in [4.78, 5) is 11.7. The lowest BCUT2D eigenvalue weighted by Gasteiger charge is -2.11. The molecule has 0 spiro atoms. The summed E-state index contributed by atoms with van der Waals surface area (Å²) in [5.41, 5.74) is 1.31. The van der Waals surface area contributed by atoms with E-state index in [0.29, 0.717) is 18.7 Å². The average molecular weight is 233 g/mol. The van der Waals surface area contributed by atoms with Gasteiger partial charge in [0.1, 0.15) is 5.57 Å². The van der Waals surface area contributed by atoms with E-state index >= 15 is 0 Å². The number of aliphatic hydroxyl groups is 1. The second-order valence-electron chi connectivity index (χ2n) is 3.83. The zero-order valence-corrected chi connectivity index (χ0v) is 9.64. The SMILES string of the molecule is CCO/C(O)=C1\C(=O)NCC1c1ccccc1. The summed E-state index contributed by atoms with van der Waals surface area (Å²) >= 11 is 0. The predicted molar refractivity (Wildman–Crippen MR) is 63.5 cm³/mol. The first-order valence-corrected chi connectivity index (χ1v) is 5.63. The molecule has 0 aliphatic carbocycles. The summed E-state index contributed by atoms with van der Waals surface area (Å²) in [5.74, 6) is -0.670. The number of aliphatic hydroxyl groups excluding tert-OH is 1. The number of benzene rings is 1. The molecule has 1 aromatic rings. The Labute approximate surface area is 99.9 Å². The van der Waals surface area contributed by atoms with E-state index in [4.69, 9.17) is 4.74 Å². The van der Waals surface area contributed by atoms with Gasteiger partial charge in [-0.25, -0.2) is 0 Å². The van der Waals surface area contributed by atoms with Gasteiger partial charge in [-0.3, -0.25) is 4.79 Å². The van der Waals surface area contributed by atoms with Crippen molar-refractivity contribution in [1.82, 2.24) is 5.32 Å². The lowest BCUT2D eigenvalue weighted by molar-refractivity contribution is -0.116. The van der Waals surface area contributed by atoms with Crippen LogP contribution in [-0.4, -0.2) is 24.2 Å². The Balaban J connectivity index is 2.35. The number of nitrogens with one attached hydrogen (secondary N) is 1. The first kappa shape index (κ1) is 11.5. The van der Waals surface area contributed by atoms with Gasteiger partial charge in [-0.05, 0) is 12.5 Å². The highest BCUT2D eigenvalue weighted by molar-refractivity contribution is 5.97. The highest BCUT2D eigenvalue weighted by atomic mass is 16.6. The first-order chi connectivity index (χ1) is 8.24. The molecule has 4 nitrogen and oxygen atoms in total. The third-order valence-corrected chi connectivity index (χ3v) is 2.77. The van der Waals surface area contributed by atoms with Gasteiger partial charge < -0.3 is 15.2 Å². The molecular formula is C13H15NO3. The highest BCUT2D eigenvalue weighted by Crippen LogP contribution is 2.30. The van der Waals surface area contributed by atoms with Crippen LogP contribution < -0.4 is 5.32 Å². The van der Waals surface area contributed by atoms with Crippen molar-refractivity contribution in [3.05, 3.63) is 47.4 Å². The van der Waals surface area contributed by atoms with Gasteiger partial charge in [0.05, 0.1) is 6.61 Å². The van der Waals surface area contributed by atoms with Gasteiger partial charge in [0.2, 0.25) is 0 Å². The van der Waals surface area contributed by atoms with Gasteiger partial charge >= 0.3 is 0 Å². The highest BCUT2D eigenvalue weighted by Gasteiger charge is 2.33. The number of carbonyl (C=O) groups excluding carboxylic acids is 1. The fraction of sp³-hybridized carbons (Fsp3) is 0.308. The van der Waals surface area contributed by atoms with Crippen molar-refractivity contribution in [2.75, 3.05) is 13.2 Å². The van der Waals surface area contributed by atoms with E-state index in [1.807, 2.05) is 30.3 Å². The van der Waals surface area contributed by atoms with Crippen LogP contribution in [0.4, 0.5) is 0 Å². The van der Waals surface area contributed by atoms with Crippen LogP contribution in [0, 0.1) is 0 Å². The largest absolute Gasteiger partial charge is 0.481 e. The van der Waals surface area contributed by atoms with E-state index in [2.05, 4.69) is 5.32 Å². The smallest absolute Gasteiger partial charge is 0.286 e. The quantitative estimate of drug-likeness (QED) is 0.617. The molecule has 0 radical (unpaired) electrons. The lowest BCUT2D eigenvalue weighted by atomic mass is 9.94. The minimum absolute atomic E-state index is 0.143. The number of ether oxygens (including phenoxy) is 1. The Morgan fingerprint density at radius 1 is 1.47 bits per heavy atom. The molecule has 1 atom stereocenters. The minimum Gasteiger partial charge on any atom is -0.481 e. The summed E-state index contributed by atoms with van der Waals surface area (Å²) in [5, 5.41) is 12.5. The van der Waals surface area contributed by atoms with Crippen LogP contribution in [-0.2, 0) is 9.53 Å². The van der Waals surface area contributed by atoms with Gasteiger partial charge in [0.25, 0.3) is 11.9 Å². The molecule has 2 N–H and O–H groups in total. The summed E-state index contributed by atoms with van der Waals surface area (Å²) in [6, 6.07) is 9.61. The Bertz CT molecular complexity index is 439. The Morgan fingerprint density at radius 2 is 2.18 bits per heavy atom. The maximum Gasteiger partial charge on any atom is 0.286 e. The molecule has 17 heavy (non-hydrogen) atoms. The van der Waals surface area contributed by atoms with Gasteiger partial charge in [0, 0.05) is 12.5 Å². The summed E-state index contributed by atoms with van der Waals surface area (Å²) in [7, 11) is 0. The van der Waals surface area contributed by atoms with Crippen LogP contribution in [0.2, 0.25) is 0 Å². The van der Waals surface area contributed by atoms with Crippen molar-refractivity contribution in [2.24, 2.45) is 0 Å². The summed E-state index contributed by atoms with van der Waals surface area (Å²) in [6.07, 6.45) is 0. The van der Waals surface area contributed by atoms with E-state index in [1.165, 1.54) is 0 Å². The van der Waals surface area contributed by atoms with Crippen LogP contribution in [0.3, 0.4) is 0 Å². The molecule has 1 amide bonds. The molecule has 4 heteroatoms. The fourth-order valence-electron chi connectivity index (χ4n) is 1.98. The molecule has 1 aliphatic heterocycles. The number of amides is 1. The second kappa shape index (κ2) is 4.91. The lowest BCUT2D eigenvalue weighted by Crippen LogP contribution is -2.15. The van der Waals surface area contributed by atoms with E-state index in [0.717, 1.165) is 5.56 Å². The molecule has 1 fully saturated rings. The average Bonchev–Trinajstić information content (AvgIpc) is 2.73. The van der Waals surface area contributed by atoms with Gasteiger partial charge in [-0.1, -0.05) is 30.3 Å². The first-order valence-electron chi connectivity index (χ1n) is 5.63. The molecule has 2 rings (SSSR count). The monoisotopic (exact) mass is 233 g/mol. The van der Waals surface area contributed by atoms with Crippen LogP contribution >= 0.6 is 0 Å². The second-order valence-corrected chi connectivity index (χ2v) is 3.83. The van der Waals surface area contributed by atoms with Gasteiger partial charge in [0.15, 0.2) is 0 Å². The maximum absolute atomic E-state index is 11.7. The number of hydrogen-bond donors (Lipinski definition) is 2. The molecule has 1 unspecified atom stereocenters. The molecular weight excluding hydrogens is 218 g/mol. The molecule has 1 saturated heterocycles. The predicted octanol–water partition coefficient (Wildman–Crippen LogP) is 1.71. The van der Waals surface area contributed by atoms with E-state index in [9.17, 15) is 9.90 Å². The Kier molecular flexibility index (Phi) is 3.32. The van der Waals surface area contributed by atoms with E-state index in [-0.39, 0.29) is 17.8 Å². The van der Waals surface area contributed by atoms with Crippen molar-refractivity contribution in [3.8, 4) is 0 Å². The van der Waals surface area contributed by atoms with Crippen molar-refractivity contribution in [3.63, 3.8) is 0 Å². The number of hydrogen-bond acceptors (Lipinski definition) is 3. The third-order valence-electron chi connectivity index (χ3n) is 2.77. The third kappa shape index (κ3) is 2.25. The molecule has 1 aromatic carbocycles. The summed E-state index contributed by atoms with van der Waals surface area (Å²) in [6.45, 7) is 2.60. The van der Waals surface area contributed by atoms with E-state index in [1.54, 1.807) is 6.92 Å². The minimum atomic E-state index is -0.267. The maximum atomic E-state index is 11.7. The fourth-order valence-corrected chi connectivity index (χ4v) is 1.98. The van der Waals surface area contributed by atoms with Gasteiger partial charge in [-0.2, -0.15) is 0 Å². The number of carbonyl (C=O) groups is 1. The molecule has 0 bridgehead atoms. The Morgan fingerprint density at radius 3 is 2.82 bits per heavy atom. The van der Waals surface area contributed by atoms with Crippen LogP contribution in [0.1, 0.15) is 18.4 Å². The van der Waals surface area contributed by atoms with Crippen molar-refractivity contribution >= 4 is 5.91 Å². The van der Waals surface area contributed by atoms with E-state index < -0.39 is 0 Å². The topological polar surface area (TPSA) is 58.6 Å². The van der Waals surface area contributed by atoms with Crippen LogP contribution in [0.15, 0.2) is 41.9 Å². The molecule has 0 saturated carbocycles. The normalized spacial score (nSPS) is 22.2. The van der Waals surface area contributed by atoms with Gasteiger partial charge in [-0.15, -0.1) is 0 Å². The van der Waals surface area contributed by atoms with Crippen LogP contribution in [0.5, 0.6) is 0 Å². The summed E-state index contributed by atoms with van der Waals surface area (Å²) < 4.78 is 5.02. The standard InChI is InChI=1S/C13H15NO3/c1-2-17-13(16)11-10(8-14-12(11)15)9-6-4-3-5-7-9/h3-7,10,16H,2,8H2,1H3,(H,14,15)/b13-11-. The van der Waals surface area contributed by atoms with Crippen LogP contribution in [0.25, 0.3) is 0 Å². The van der Waals surface area contributed by atoms with Crippen molar-refractivity contribution in [1.29, 1.82) is 0 Å². The molecule has 90 valence electrons. The number of rotatable bonds is 3. The van der Waals surface area contributed by atoms with Crippen molar-refractivity contribution in [2.45, 2.75) is 12.8 Å². The molecule has 1 heterocycles. The zero-order valence-electron chi connectivity index (χ0n) is 9.64. The molecule has 0 aromatic heterocycles.